The lowest BCUT2D eigenvalue weighted by Crippen LogP contribution is -2.10. The van der Waals surface area contributed by atoms with E-state index in [4.69, 9.17) is 0 Å². The van der Waals surface area contributed by atoms with Crippen LogP contribution in [0.25, 0.3) is 0 Å². The number of aromatic carboxylic acids is 1. The van der Waals surface area contributed by atoms with Crippen LogP contribution in [0.3, 0.4) is 0 Å². The standard InChI is InChI=1S/C18H23NO2/c1-14(2)13-17-16(18(20)21)10-12-19(17)11-6-9-15-7-4-3-5-8-15/h3-5,7-8,10,12,14H,6,9,11,13H2,1-2H3,(H,20,21). The molecular formula is C18H23NO2. The van der Waals surface area contributed by atoms with Crippen molar-refractivity contribution in [1.82, 2.24) is 4.57 Å². The van der Waals surface area contributed by atoms with Crippen LogP contribution >= 0.6 is 0 Å². The topological polar surface area (TPSA) is 42.2 Å². The molecule has 1 N–H and O–H groups in total. The van der Waals surface area contributed by atoms with E-state index in [1.807, 2.05) is 12.3 Å². The van der Waals surface area contributed by atoms with Gasteiger partial charge in [-0.15, -0.1) is 0 Å². The van der Waals surface area contributed by atoms with Gasteiger partial charge in [0.25, 0.3) is 0 Å². The number of carboxylic acid groups (broad SMARTS) is 1. The molecule has 112 valence electrons. The second kappa shape index (κ2) is 7.11. The summed E-state index contributed by atoms with van der Waals surface area (Å²) in [5.74, 6) is -0.377. The Morgan fingerprint density at radius 2 is 1.90 bits per heavy atom. The van der Waals surface area contributed by atoms with E-state index in [1.54, 1.807) is 6.07 Å². The van der Waals surface area contributed by atoms with Gasteiger partial charge in [-0.3, -0.25) is 0 Å². The number of benzene rings is 1. The largest absolute Gasteiger partial charge is 0.478 e. The fourth-order valence-corrected chi connectivity index (χ4v) is 2.62. The van der Waals surface area contributed by atoms with Crippen LogP contribution in [0.1, 0.15) is 41.9 Å². The molecular weight excluding hydrogens is 262 g/mol. The van der Waals surface area contributed by atoms with Gasteiger partial charge in [-0.1, -0.05) is 44.2 Å². The Morgan fingerprint density at radius 1 is 1.19 bits per heavy atom. The van der Waals surface area contributed by atoms with Gasteiger partial charge in [-0.25, -0.2) is 4.79 Å². The van der Waals surface area contributed by atoms with Gasteiger partial charge in [0.15, 0.2) is 0 Å². The molecule has 2 rings (SSSR count). The Bertz CT molecular complexity index is 585. The van der Waals surface area contributed by atoms with Gasteiger partial charge in [0.1, 0.15) is 0 Å². The molecule has 0 fully saturated rings. The summed E-state index contributed by atoms with van der Waals surface area (Å²) in [6, 6.07) is 12.1. The van der Waals surface area contributed by atoms with Crippen molar-refractivity contribution < 1.29 is 9.90 Å². The van der Waals surface area contributed by atoms with E-state index >= 15 is 0 Å². The fraction of sp³-hybridized carbons (Fsp3) is 0.389. The zero-order valence-electron chi connectivity index (χ0n) is 12.7. The molecule has 2 aromatic rings. The Hall–Kier alpha value is -2.03. The lowest BCUT2D eigenvalue weighted by molar-refractivity contribution is 0.0695. The molecule has 0 saturated heterocycles. The minimum absolute atomic E-state index is 0.448. The van der Waals surface area contributed by atoms with Crippen LogP contribution in [0.15, 0.2) is 42.6 Å². The normalized spacial score (nSPS) is 11.0. The lowest BCUT2D eigenvalue weighted by atomic mass is 10.0. The predicted octanol–water partition coefficient (Wildman–Crippen LogP) is 4.02. The van der Waals surface area contributed by atoms with E-state index in [-0.39, 0.29) is 0 Å². The molecule has 0 unspecified atom stereocenters. The van der Waals surface area contributed by atoms with Crippen molar-refractivity contribution in [3.05, 3.63) is 59.4 Å². The lowest BCUT2D eigenvalue weighted by Gasteiger charge is -2.12. The minimum Gasteiger partial charge on any atom is -0.478 e. The SMILES string of the molecule is CC(C)Cc1c(C(=O)O)ccn1CCCc1ccccc1. The number of rotatable bonds is 7. The summed E-state index contributed by atoms with van der Waals surface area (Å²) >= 11 is 0. The zero-order valence-corrected chi connectivity index (χ0v) is 12.7. The quantitative estimate of drug-likeness (QED) is 0.835. The summed E-state index contributed by atoms with van der Waals surface area (Å²) in [6.07, 6.45) is 4.75. The fourth-order valence-electron chi connectivity index (χ4n) is 2.62. The van der Waals surface area contributed by atoms with Gasteiger partial charge in [-0.05, 0) is 36.8 Å². The summed E-state index contributed by atoms with van der Waals surface area (Å²) < 4.78 is 2.10. The van der Waals surface area contributed by atoms with E-state index in [9.17, 15) is 9.90 Å². The van der Waals surface area contributed by atoms with Crippen LogP contribution < -0.4 is 0 Å². The van der Waals surface area contributed by atoms with Gasteiger partial charge in [-0.2, -0.15) is 0 Å². The molecule has 0 amide bonds. The molecule has 0 radical (unpaired) electrons. The summed E-state index contributed by atoms with van der Waals surface area (Å²) in [7, 11) is 0. The number of aryl methyl sites for hydroxylation is 2. The summed E-state index contributed by atoms with van der Waals surface area (Å²) in [5.41, 5.74) is 2.72. The summed E-state index contributed by atoms with van der Waals surface area (Å²) in [4.78, 5) is 11.3. The summed E-state index contributed by atoms with van der Waals surface area (Å²) in [6.45, 7) is 5.10. The average molecular weight is 285 g/mol. The first kappa shape index (κ1) is 15.4. The molecule has 0 aliphatic rings. The van der Waals surface area contributed by atoms with Gasteiger partial charge in [0.05, 0.1) is 5.56 Å². The van der Waals surface area contributed by atoms with Gasteiger partial charge < -0.3 is 9.67 Å². The highest BCUT2D eigenvalue weighted by atomic mass is 16.4. The van der Waals surface area contributed by atoms with Crippen LogP contribution in [0.2, 0.25) is 0 Å². The van der Waals surface area contributed by atoms with E-state index in [1.165, 1.54) is 5.56 Å². The predicted molar refractivity (Wildman–Crippen MR) is 84.7 cm³/mol. The maximum atomic E-state index is 11.3. The number of nitrogens with zero attached hydrogens (tertiary/aromatic N) is 1. The molecule has 0 bridgehead atoms. The van der Waals surface area contributed by atoms with Crippen molar-refractivity contribution in [3.63, 3.8) is 0 Å². The Kier molecular flexibility index (Phi) is 5.20. The van der Waals surface area contributed by atoms with Crippen molar-refractivity contribution in [2.75, 3.05) is 0 Å². The highest BCUT2D eigenvalue weighted by Gasteiger charge is 2.15. The molecule has 0 saturated carbocycles. The molecule has 0 atom stereocenters. The van der Waals surface area contributed by atoms with Crippen LogP contribution in [0.5, 0.6) is 0 Å². The maximum absolute atomic E-state index is 11.3. The molecule has 1 heterocycles. The molecule has 0 aliphatic heterocycles. The molecule has 21 heavy (non-hydrogen) atoms. The zero-order chi connectivity index (χ0) is 15.2. The van der Waals surface area contributed by atoms with E-state index in [2.05, 4.69) is 42.7 Å². The second-order valence-electron chi connectivity index (χ2n) is 5.86. The van der Waals surface area contributed by atoms with Crippen LogP contribution in [0.4, 0.5) is 0 Å². The van der Waals surface area contributed by atoms with Crippen molar-refractivity contribution >= 4 is 5.97 Å². The molecule has 1 aromatic carbocycles. The minimum atomic E-state index is -0.826. The Labute approximate surface area is 126 Å². The Balaban J connectivity index is 2.04. The average Bonchev–Trinajstić information content (AvgIpc) is 2.82. The molecule has 1 aromatic heterocycles. The van der Waals surface area contributed by atoms with Crippen molar-refractivity contribution in [2.24, 2.45) is 5.92 Å². The van der Waals surface area contributed by atoms with E-state index in [0.29, 0.717) is 11.5 Å². The van der Waals surface area contributed by atoms with E-state index in [0.717, 1.165) is 31.5 Å². The molecule has 3 nitrogen and oxygen atoms in total. The smallest absolute Gasteiger partial charge is 0.337 e. The van der Waals surface area contributed by atoms with Gasteiger partial charge in [0, 0.05) is 18.4 Å². The molecule has 0 spiro atoms. The number of hydrogen-bond acceptors (Lipinski definition) is 1. The number of hydrogen-bond donors (Lipinski definition) is 1. The third kappa shape index (κ3) is 4.22. The molecule has 3 heteroatoms. The first-order chi connectivity index (χ1) is 10.1. The van der Waals surface area contributed by atoms with Crippen LogP contribution in [0, 0.1) is 5.92 Å². The van der Waals surface area contributed by atoms with E-state index < -0.39 is 5.97 Å². The first-order valence-electron chi connectivity index (χ1n) is 7.53. The van der Waals surface area contributed by atoms with Crippen molar-refractivity contribution in [1.29, 1.82) is 0 Å². The van der Waals surface area contributed by atoms with Crippen molar-refractivity contribution in [2.45, 2.75) is 39.7 Å². The number of carbonyl (C=O) groups is 1. The Morgan fingerprint density at radius 3 is 2.52 bits per heavy atom. The molecule has 0 aliphatic carbocycles. The highest BCUT2D eigenvalue weighted by Crippen LogP contribution is 2.17. The third-order valence-corrected chi connectivity index (χ3v) is 3.62. The second-order valence-corrected chi connectivity index (χ2v) is 5.86. The number of carboxylic acids is 1. The highest BCUT2D eigenvalue weighted by molar-refractivity contribution is 5.89. The monoisotopic (exact) mass is 285 g/mol. The van der Waals surface area contributed by atoms with Crippen LogP contribution in [-0.4, -0.2) is 15.6 Å². The first-order valence-corrected chi connectivity index (χ1v) is 7.53. The number of aromatic nitrogens is 1. The van der Waals surface area contributed by atoms with Crippen molar-refractivity contribution in [3.8, 4) is 0 Å². The van der Waals surface area contributed by atoms with Gasteiger partial charge >= 0.3 is 5.97 Å². The van der Waals surface area contributed by atoms with Gasteiger partial charge in [0.2, 0.25) is 0 Å². The third-order valence-electron chi connectivity index (χ3n) is 3.62. The maximum Gasteiger partial charge on any atom is 0.337 e. The van der Waals surface area contributed by atoms with Crippen LogP contribution in [-0.2, 0) is 19.4 Å². The summed E-state index contributed by atoms with van der Waals surface area (Å²) in [5, 5.41) is 9.28.